The van der Waals surface area contributed by atoms with Gasteiger partial charge in [-0.05, 0) is 55.0 Å². The number of nitrogens with two attached hydrogens (primary N) is 1. The fourth-order valence-electron chi connectivity index (χ4n) is 2.08. The van der Waals surface area contributed by atoms with Gasteiger partial charge in [0.25, 0.3) is 0 Å². The SMILES string of the molecule is Cc1ccc(F)cc1Nc1ccc2cc(N)ccc2n1. The van der Waals surface area contributed by atoms with Crippen molar-refractivity contribution in [2.45, 2.75) is 6.92 Å². The van der Waals surface area contributed by atoms with Gasteiger partial charge in [-0.25, -0.2) is 9.37 Å². The highest BCUT2D eigenvalue weighted by Gasteiger charge is 2.03. The number of rotatable bonds is 2. The predicted octanol–water partition coefficient (Wildman–Crippen LogP) is 4.01. The molecule has 1 aromatic heterocycles. The molecule has 0 aliphatic rings. The van der Waals surface area contributed by atoms with Gasteiger partial charge in [0.05, 0.1) is 5.52 Å². The molecule has 20 heavy (non-hydrogen) atoms. The first-order valence-corrected chi connectivity index (χ1v) is 6.31. The topological polar surface area (TPSA) is 50.9 Å². The average Bonchev–Trinajstić information content (AvgIpc) is 2.43. The van der Waals surface area contributed by atoms with Crippen LogP contribution in [-0.4, -0.2) is 4.98 Å². The number of benzene rings is 2. The van der Waals surface area contributed by atoms with E-state index in [9.17, 15) is 4.39 Å². The van der Waals surface area contributed by atoms with Crippen LogP contribution < -0.4 is 11.1 Å². The number of aryl methyl sites for hydroxylation is 1. The summed E-state index contributed by atoms with van der Waals surface area (Å²) in [4.78, 5) is 4.49. The molecular weight excluding hydrogens is 253 g/mol. The number of halogens is 1. The van der Waals surface area contributed by atoms with E-state index < -0.39 is 0 Å². The molecule has 0 saturated carbocycles. The fraction of sp³-hybridized carbons (Fsp3) is 0.0625. The number of nitrogen functional groups attached to an aromatic ring is 1. The Balaban J connectivity index is 1.98. The summed E-state index contributed by atoms with van der Waals surface area (Å²) in [5.74, 6) is 0.405. The van der Waals surface area contributed by atoms with Crippen molar-refractivity contribution in [1.82, 2.24) is 4.98 Å². The Morgan fingerprint density at radius 2 is 1.90 bits per heavy atom. The second-order valence-electron chi connectivity index (χ2n) is 4.73. The van der Waals surface area contributed by atoms with Crippen molar-refractivity contribution in [2.75, 3.05) is 11.1 Å². The number of hydrogen-bond donors (Lipinski definition) is 2. The van der Waals surface area contributed by atoms with Gasteiger partial charge in [0, 0.05) is 16.8 Å². The summed E-state index contributed by atoms with van der Waals surface area (Å²) in [6, 6.07) is 14.0. The van der Waals surface area contributed by atoms with Crippen LogP contribution in [0.1, 0.15) is 5.56 Å². The first-order valence-electron chi connectivity index (χ1n) is 6.31. The van der Waals surface area contributed by atoms with Gasteiger partial charge in [-0.3, -0.25) is 0 Å². The second kappa shape index (κ2) is 4.81. The fourth-order valence-corrected chi connectivity index (χ4v) is 2.08. The molecule has 0 bridgehead atoms. The summed E-state index contributed by atoms with van der Waals surface area (Å²) in [7, 11) is 0. The Labute approximate surface area is 116 Å². The van der Waals surface area contributed by atoms with E-state index in [1.165, 1.54) is 12.1 Å². The number of nitrogens with one attached hydrogen (secondary N) is 1. The summed E-state index contributed by atoms with van der Waals surface area (Å²) in [5, 5.41) is 4.12. The zero-order chi connectivity index (χ0) is 14.1. The van der Waals surface area contributed by atoms with Gasteiger partial charge in [-0.15, -0.1) is 0 Å². The Morgan fingerprint density at radius 3 is 2.75 bits per heavy atom. The lowest BCUT2D eigenvalue weighted by atomic mass is 10.2. The molecular formula is C16H14FN3. The van der Waals surface area contributed by atoms with Crippen molar-refractivity contribution in [2.24, 2.45) is 0 Å². The largest absolute Gasteiger partial charge is 0.399 e. The molecule has 100 valence electrons. The second-order valence-corrected chi connectivity index (χ2v) is 4.73. The monoisotopic (exact) mass is 267 g/mol. The quantitative estimate of drug-likeness (QED) is 0.690. The minimum Gasteiger partial charge on any atom is -0.399 e. The van der Waals surface area contributed by atoms with E-state index in [-0.39, 0.29) is 5.82 Å². The van der Waals surface area contributed by atoms with Crippen LogP contribution in [0.15, 0.2) is 48.5 Å². The van der Waals surface area contributed by atoms with Gasteiger partial charge in [0.1, 0.15) is 11.6 Å². The highest BCUT2D eigenvalue weighted by Crippen LogP contribution is 2.23. The van der Waals surface area contributed by atoms with Gasteiger partial charge >= 0.3 is 0 Å². The number of aromatic nitrogens is 1. The number of nitrogens with zero attached hydrogens (tertiary/aromatic N) is 1. The maximum absolute atomic E-state index is 13.3. The molecule has 0 radical (unpaired) electrons. The first kappa shape index (κ1) is 12.4. The van der Waals surface area contributed by atoms with Crippen molar-refractivity contribution < 1.29 is 4.39 Å². The maximum atomic E-state index is 13.3. The predicted molar refractivity (Wildman–Crippen MR) is 80.6 cm³/mol. The molecule has 0 aliphatic heterocycles. The van der Waals surface area contributed by atoms with E-state index in [4.69, 9.17) is 5.73 Å². The van der Waals surface area contributed by atoms with Crippen LogP contribution in [0.25, 0.3) is 10.9 Å². The highest BCUT2D eigenvalue weighted by molar-refractivity contribution is 5.83. The molecule has 0 amide bonds. The molecule has 4 heteroatoms. The lowest BCUT2D eigenvalue weighted by molar-refractivity contribution is 0.628. The molecule has 0 aliphatic carbocycles. The van der Waals surface area contributed by atoms with Crippen LogP contribution in [0.2, 0.25) is 0 Å². The Bertz CT molecular complexity index is 784. The van der Waals surface area contributed by atoms with Crippen molar-refractivity contribution in [3.8, 4) is 0 Å². The average molecular weight is 267 g/mol. The molecule has 0 fully saturated rings. The first-order chi connectivity index (χ1) is 9.61. The third-order valence-electron chi connectivity index (χ3n) is 3.18. The van der Waals surface area contributed by atoms with E-state index in [0.29, 0.717) is 17.2 Å². The van der Waals surface area contributed by atoms with Crippen molar-refractivity contribution in [3.05, 3.63) is 59.9 Å². The summed E-state index contributed by atoms with van der Waals surface area (Å²) in [6.07, 6.45) is 0. The lowest BCUT2D eigenvalue weighted by Crippen LogP contribution is -1.97. The van der Waals surface area contributed by atoms with Crippen molar-refractivity contribution in [1.29, 1.82) is 0 Å². The normalized spacial score (nSPS) is 10.7. The molecule has 0 saturated heterocycles. The number of hydrogen-bond acceptors (Lipinski definition) is 3. The van der Waals surface area contributed by atoms with Crippen LogP contribution in [0.4, 0.5) is 21.6 Å². The Kier molecular flexibility index (Phi) is 2.99. The molecule has 3 nitrogen and oxygen atoms in total. The molecule has 3 rings (SSSR count). The summed E-state index contributed by atoms with van der Waals surface area (Å²) in [6.45, 7) is 1.92. The zero-order valence-corrected chi connectivity index (χ0v) is 11.0. The minimum atomic E-state index is -0.272. The van der Waals surface area contributed by atoms with E-state index in [1.54, 1.807) is 6.07 Å². The van der Waals surface area contributed by atoms with Crippen LogP contribution in [0, 0.1) is 12.7 Å². The van der Waals surface area contributed by atoms with E-state index in [1.807, 2.05) is 37.3 Å². The van der Waals surface area contributed by atoms with Crippen LogP contribution >= 0.6 is 0 Å². The van der Waals surface area contributed by atoms with E-state index in [2.05, 4.69) is 10.3 Å². The Morgan fingerprint density at radius 1 is 1.05 bits per heavy atom. The van der Waals surface area contributed by atoms with E-state index >= 15 is 0 Å². The standard InChI is InChI=1S/C16H14FN3/c1-10-2-4-12(17)9-15(10)20-16-7-3-11-8-13(18)5-6-14(11)19-16/h2-9H,18H2,1H3,(H,19,20). The number of anilines is 3. The van der Waals surface area contributed by atoms with Gasteiger partial charge in [-0.1, -0.05) is 6.07 Å². The summed E-state index contributed by atoms with van der Waals surface area (Å²) >= 11 is 0. The maximum Gasteiger partial charge on any atom is 0.131 e. The summed E-state index contributed by atoms with van der Waals surface area (Å²) in [5.41, 5.74) is 8.97. The zero-order valence-electron chi connectivity index (χ0n) is 11.0. The Hall–Kier alpha value is -2.62. The highest BCUT2D eigenvalue weighted by atomic mass is 19.1. The summed E-state index contributed by atoms with van der Waals surface area (Å²) < 4.78 is 13.3. The molecule has 0 atom stereocenters. The molecule has 3 aromatic rings. The molecule has 0 spiro atoms. The van der Waals surface area contributed by atoms with Crippen LogP contribution in [0.5, 0.6) is 0 Å². The van der Waals surface area contributed by atoms with Crippen LogP contribution in [0.3, 0.4) is 0 Å². The molecule has 1 heterocycles. The molecule has 2 aromatic carbocycles. The number of pyridine rings is 1. The smallest absolute Gasteiger partial charge is 0.131 e. The number of fused-ring (bicyclic) bond motifs is 1. The van der Waals surface area contributed by atoms with Crippen molar-refractivity contribution >= 4 is 28.1 Å². The molecule has 3 N–H and O–H groups in total. The van der Waals surface area contributed by atoms with Gasteiger partial charge < -0.3 is 11.1 Å². The van der Waals surface area contributed by atoms with E-state index in [0.717, 1.165) is 16.5 Å². The third-order valence-corrected chi connectivity index (χ3v) is 3.18. The van der Waals surface area contributed by atoms with Gasteiger partial charge in [0.15, 0.2) is 0 Å². The van der Waals surface area contributed by atoms with Crippen molar-refractivity contribution in [3.63, 3.8) is 0 Å². The van der Waals surface area contributed by atoms with Crippen LogP contribution in [-0.2, 0) is 0 Å². The molecule has 0 unspecified atom stereocenters. The van der Waals surface area contributed by atoms with Gasteiger partial charge in [0.2, 0.25) is 0 Å². The lowest BCUT2D eigenvalue weighted by Gasteiger charge is -2.09. The minimum absolute atomic E-state index is 0.272. The third kappa shape index (κ3) is 2.40. The van der Waals surface area contributed by atoms with Gasteiger partial charge in [-0.2, -0.15) is 0 Å².